The summed E-state index contributed by atoms with van der Waals surface area (Å²) in [5, 5.41) is 18.6. The lowest BCUT2D eigenvalue weighted by Crippen LogP contribution is -2.06. The molecule has 0 bridgehead atoms. The highest BCUT2D eigenvalue weighted by Crippen LogP contribution is 2.36. The summed E-state index contributed by atoms with van der Waals surface area (Å²) in [4.78, 5) is 0. The lowest BCUT2D eigenvalue weighted by molar-refractivity contribution is 0.298. The Kier molecular flexibility index (Phi) is 4.67. The topological polar surface area (TPSA) is 119 Å². The second kappa shape index (κ2) is 6.47. The quantitative estimate of drug-likeness (QED) is 0.529. The van der Waals surface area contributed by atoms with Crippen LogP contribution in [-0.4, -0.2) is 23.4 Å². The summed E-state index contributed by atoms with van der Waals surface area (Å²) < 4.78 is 0. The zero-order chi connectivity index (χ0) is 15.4. The molecule has 0 aliphatic heterocycles. The van der Waals surface area contributed by atoms with Gasteiger partial charge in [-0.05, 0) is 53.8 Å². The summed E-state index contributed by atoms with van der Waals surface area (Å²) in [7, 11) is 0. The molecule has 21 heavy (non-hydrogen) atoms. The summed E-state index contributed by atoms with van der Waals surface area (Å²) in [6.45, 7) is 0.0136. The third-order valence-electron chi connectivity index (χ3n) is 3.53. The van der Waals surface area contributed by atoms with Crippen LogP contribution < -0.4 is 17.2 Å². The van der Waals surface area contributed by atoms with E-state index in [0.717, 1.165) is 22.3 Å². The van der Waals surface area contributed by atoms with E-state index < -0.39 is 0 Å². The smallest absolute Gasteiger partial charge is 0.0472 e. The molecule has 0 spiro atoms. The van der Waals surface area contributed by atoms with Crippen LogP contribution in [0, 0.1) is 0 Å². The fraction of sp³-hybridized carbons (Fsp3) is 0.250. The normalized spacial score (nSPS) is 10.8. The van der Waals surface area contributed by atoms with E-state index in [0.29, 0.717) is 29.9 Å². The van der Waals surface area contributed by atoms with E-state index in [-0.39, 0.29) is 13.2 Å². The molecule has 5 nitrogen and oxygen atoms in total. The molecule has 2 rings (SSSR count). The first-order valence-electron chi connectivity index (χ1n) is 6.85. The van der Waals surface area contributed by atoms with Gasteiger partial charge in [-0.2, -0.15) is 0 Å². The number of benzene rings is 2. The number of anilines is 3. The maximum atomic E-state index is 9.30. The Morgan fingerprint density at radius 2 is 1.48 bits per heavy atom. The molecule has 2 aromatic rings. The van der Waals surface area contributed by atoms with Gasteiger partial charge in [-0.3, -0.25) is 0 Å². The van der Waals surface area contributed by atoms with Crippen molar-refractivity contribution in [3.63, 3.8) is 0 Å². The van der Waals surface area contributed by atoms with E-state index in [1.807, 2.05) is 6.07 Å². The van der Waals surface area contributed by atoms with Gasteiger partial charge >= 0.3 is 0 Å². The summed E-state index contributed by atoms with van der Waals surface area (Å²) in [5.41, 5.74) is 23.2. The lowest BCUT2D eigenvalue weighted by Gasteiger charge is -2.18. The van der Waals surface area contributed by atoms with Crippen LogP contribution in [0.4, 0.5) is 17.1 Å². The molecular weight excluding hydrogens is 266 g/mol. The van der Waals surface area contributed by atoms with Crippen molar-refractivity contribution in [3.8, 4) is 11.1 Å². The molecule has 0 heterocycles. The molecular formula is C16H21N3O2. The molecule has 5 heteroatoms. The first-order valence-corrected chi connectivity index (χ1v) is 6.85. The van der Waals surface area contributed by atoms with Gasteiger partial charge in [-0.1, -0.05) is 6.07 Å². The number of rotatable bonds is 5. The molecule has 0 radical (unpaired) electrons. The molecule has 0 aromatic heterocycles. The minimum atomic E-state index is -0.0119. The number of nitrogens with two attached hydrogens (primary N) is 3. The fourth-order valence-electron chi connectivity index (χ4n) is 2.55. The molecule has 0 saturated heterocycles. The molecule has 0 saturated carbocycles. The number of aliphatic hydroxyl groups excluding tert-OH is 2. The largest absolute Gasteiger partial charge is 0.399 e. The van der Waals surface area contributed by atoms with Crippen molar-refractivity contribution in [3.05, 3.63) is 41.5 Å². The first-order chi connectivity index (χ1) is 10.1. The molecule has 0 amide bonds. The predicted molar refractivity (Wildman–Crippen MR) is 86.7 cm³/mol. The van der Waals surface area contributed by atoms with E-state index >= 15 is 0 Å². The summed E-state index contributed by atoms with van der Waals surface area (Å²) in [6, 6.07) is 8.96. The zero-order valence-corrected chi connectivity index (χ0v) is 11.8. The van der Waals surface area contributed by atoms with Crippen molar-refractivity contribution in [2.75, 3.05) is 30.4 Å². The van der Waals surface area contributed by atoms with Gasteiger partial charge in [0.05, 0.1) is 0 Å². The predicted octanol–water partition coefficient (Wildman–Crippen LogP) is 1.17. The Balaban J connectivity index is 2.73. The number of aliphatic hydroxyl groups is 2. The van der Waals surface area contributed by atoms with E-state index in [4.69, 9.17) is 17.2 Å². The number of nitrogen functional groups attached to an aromatic ring is 3. The van der Waals surface area contributed by atoms with Gasteiger partial charge in [-0.25, -0.2) is 0 Å². The standard InChI is InChI=1S/C16H21N3O2/c17-11-2-4-15(19)13(9-11)16-10(5-7-20)1-3-14(18)12(16)6-8-21/h1-4,9,20-21H,5-8,17-19H2. The van der Waals surface area contributed by atoms with Gasteiger partial charge in [0, 0.05) is 35.8 Å². The highest BCUT2D eigenvalue weighted by Gasteiger charge is 2.16. The van der Waals surface area contributed by atoms with Crippen LogP contribution >= 0.6 is 0 Å². The van der Waals surface area contributed by atoms with Crippen LogP contribution in [-0.2, 0) is 12.8 Å². The minimum absolute atomic E-state index is 0.0119. The minimum Gasteiger partial charge on any atom is -0.399 e. The van der Waals surface area contributed by atoms with Crippen molar-refractivity contribution < 1.29 is 10.2 Å². The highest BCUT2D eigenvalue weighted by atomic mass is 16.3. The van der Waals surface area contributed by atoms with Crippen LogP contribution in [0.25, 0.3) is 11.1 Å². The van der Waals surface area contributed by atoms with Crippen molar-refractivity contribution in [1.29, 1.82) is 0 Å². The van der Waals surface area contributed by atoms with E-state index in [2.05, 4.69) is 0 Å². The highest BCUT2D eigenvalue weighted by molar-refractivity contribution is 5.85. The molecule has 2 aromatic carbocycles. The van der Waals surface area contributed by atoms with E-state index in [1.165, 1.54) is 0 Å². The third-order valence-corrected chi connectivity index (χ3v) is 3.53. The zero-order valence-electron chi connectivity index (χ0n) is 11.8. The number of hydrogen-bond donors (Lipinski definition) is 5. The monoisotopic (exact) mass is 287 g/mol. The van der Waals surface area contributed by atoms with Crippen LogP contribution in [0.3, 0.4) is 0 Å². The van der Waals surface area contributed by atoms with E-state index in [1.54, 1.807) is 24.3 Å². The van der Waals surface area contributed by atoms with Crippen LogP contribution in [0.2, 0.25) is 0 Å². The maximum absolute atomic E-state index is 9.30. The number of hydrogen-bond acceptors (Lipinski definition) is 5. The Morgan fingerprint density at radius 1 is 0.810 bits per heavy atom. The molecule has 0 unspecified atom stereocenters. The summed E-state index contributed by atoms with van der Waals surface area (Å²) >= 11 is 0. The average Bonchev–Trinajstić information content (AvgIpc) is 2.46. The molecule has 8 N–H and O–H groups in total. The van der Waals surface area contributed by atoms with Crippen LogP contribution in [0.1, 0.15) is 11.1 Å². The summed E-state index contributed by atoms with van der Waals surface area (Å²) in [6.07, 6.45) is 0.914. The van der Waals surface area contributed by atoms with Crippen molar-refractivity contribution in [2.24, 2.45) is 0 Å². The fourth-order valence-corrected chi connectivity index (χ4v) is 2.55. The summed E-state index contributed by atoms with van der Waals surface area (Å²) in [5.74, 6) is 0. The van der Waals surface area contributed by atoms with Crippen LogP contribution in [0.15, 0.2) is 30.3 Å². The first kappa shape index (κ1) is 15.2. The molecule has 0 fully saturated rings. The lowest BCUT2D eigenvalue weighted by atomic mass is 9.89. The molecule has 0 atom stereocenters. The van der Waals surface area contributed by atoms with Gasteiger partial charge in [0.2, 0.25) is 0 Å². The third kappa shape index (κ3) is 3.09. The SMILES string of the molecule is Nc1ccc(N)c(-c2c(CCO)ccc(N)c2CCO)c1. The van der Waals surface area contributed by atoms with E-state index in [9.17, 15) is 10.2 Å². The van der Waals surface area contributed by atoms with Crippen LogP contribution in [0.5, 0.6) is 0 Å². The van der Waals surface area contributed by atoms with Crippen molar-refractivity contribution in [2.45, 2.75) is 12.8 Å². The second-order valence-electron chi connectivity index (χ2n) is 4.96. The van der Waals surface area contributed by atoms with Crippen molar-refractivity contribution in [1.82, 2.24) is 0 Å². The second-order valence-corrected chi connectivity index (χ2v) is 4.96. The van der Waals surface area contributed by atoms with Gasteiger partial charge in [0.15, 0.2) is 0 Å². The average molecular weight is 287 g/mol. The Labute approximate surface area is 124 Å². The van der Waals surface area contributed by atoms with Crippen molar-refractivity contribution >= 4 is 17.1 Å². The maximum Gasteiger partial charge on any atom is 0.0472 e. The molecule has 0 aliphatic carbocycles. The Bertz CT molecular complexity index is 642. The molecule has 112 valence electrons. The van der Waals surface area contributed by atoms with Gasteiger partial charge < -0.3 is 27.4 Å². The Hall–Kier alpha value is -2.24. The van der Waals surface area contributed by atoms with Gasteiger partial charge in [0.25, 0.3) is 0 Å². The molecule has 0 aliphatic rings. The Morgan fingerprint density at radius 3 is 2.14 bits per heavy atom. The van der Waals surface area contributed by atoms with Gasteiger partial charge in [-0.15, -0.1) is 0 Å². The van der Waals surface area contributed by atoms with Gasteiger partial charge in [0.1, 0.15) is 0 Å².